The van der Waals surface area contributed by atoms with Crippen molar-refractivity contribution in [1.29, 1.82) is 0 Å². The van der Waals surface area contributed by atoms with Gasteiger partial charge in [0.25, 0.3) is 0 Å². The molecule has 0 bridgehead atoms. The summed E-state index contributed by atoms with van der Waals surface area (Å²) in [6.07, 6.45) is -1.49. The summed E-state index contributed by atoms with van der Waals surface area (Å²) < 4.78 is 33.3. The van der Waals surface area contributed by atoms with Crippen molar-refractivity contribution in [3.63, 3.8) is 0 Å². The molecule has 1 aliphatic carbocycles. The zero-order chi connectivity index (χ0) is 21.1. The molecule has 0 spiro atoms. The number of alkyl halides is 3. The summed E-state index contributed by atoms with van der Waals surface area (Å²) in [5, 5.41) is 21.6. The number of carboxylic acids is 2. The van der Waals surface area contributed by atoms with Crippen LogP contribution in [0.4, 0.5) is 13.2 Å². The fraction of sp³-hybridized carbons (Fsp3) is 0.375. The molecule has 28 heavy (non-hydrogen) atoms. The first-order valence-electron chi connectivity index (χ1n) is 8.04. The number of nitrogens with two attached hydrogens (primary N) is 1. The summed E-state index contributed by atoms with van der Waals surface area (Å²) in [5.74, 6) is -3.71. The lowest BCUT2D eigenvalue weighted by molar-refractivity contribution is -0.192. The molecule has 8 nitrogen and oxygen atoms in total. The van der Waals surface area contributed by atoms with Gasteiger partial charge in [-0.25, -0.2) is 14.6 Å². The zero-order valence-electron chi connectivity index (χ0n) is 14.3. The van der Waals surface area contributed by atoms with Gasteiger partial charge in [0, 0.05) is 23.9 Å². The largest absolute Gasteiger partial charge is 0.490 e. The molecule has 4 N–H and O–H groups in total. The van der Waals surface area contributed by atoms with Gasteiger partial charge in [-0.1, -0.05) is 11.6 Å². The van der Waals surface area contributed by atoms with Crippen molar-refractivity contribution < 1.29 is 33.0 Å². The van der Waals surface area contributed by atoms with Crippen LogP contribution in [-0.2, 0) is 24.2 Å². The number of aliphatic carboxylic acids is 1. The molecule has 2 aromatic heterocycles. The van der Waals surface area contributed by atoms with Crippen LogP contribution in [0.3, 0.4) is 0 Å². The van der Waals surface area contributed by atoms with Crippen LogP contribution < -0.4 is 5.73 Å². The molecule has 1 aliphatic rings. The lowest BCUT2D eigenvalue weighted by Gasteiger charge is -2.15. The van der Waals surface area contributed by atoms with E-state index in [9.17, 15) is 23.1 Å². The van der Waals surface area contributed by atoms with Crippen LogP contribution in [0.15, 0.2) is 12.3 Å². The number of pyridine rings is 1. The second kappa shape index (κ2) is 8.57. The van der Waals surface area contributed by atoms with Crippen molar-refractivity contribution >= 4 is 23.5 Å². The normalized spacial score (nSPS) is 12.5. The Balaban J connectivity index is 0.000000345. The molecule has 0 saturated heterocycles. The van der Waals surface area contributed by atoms with Crippen molar-refractivity contribution in [3.8, 4) is 11.3 Å². The number of aromatic carboxylic acids is 1. The molecule has 0 radical (unpaired) electrons. The van der Waals surface area contributed by atoms with Crippen LogP contribution >= 0.6 is 11.6 Å². The number of rotatable bonds is 4. The maximum atomic E-state index is 11.6. The number of aromatic nitrogens is 3. The molecule has 0 fully saturated rings. The van der Waals surface area contributed by atoms with E-state index in [0.717, 1.165) is 16.7 Å². The van der Waals surface area contributed by atoms with Gasteiger partial charge in [-0.15, -0.1) is 0 Å². The minimum absolute atomic E-state index is 0.261. The first kappa shape index (κ1) is 21.6. The van der Waals surface area contributed by atoms with Crippen LogP contribution in [0, 0.1) is 0 Å². The summed E-state index contributed by atoms with van der Waals surface area (Å²) in [6, 6.07) is 1.84. The number of hydrogen-bond acceptors (Lipinski definition) is 5. The molecule has 0 amide bonds. The highest BCUT2D eigenvalue weighted by atomic mass is 35.5. The van der Waals surface area contributed by atoms with E-state index in [-0.39, 0.29) is 5.69 Å². The number of aryl methyl sites for hydroxylation is 1. The van der Waals surface area contributed by atoms with Gasteiger partial charge in [-0.2, -0.15) is 18.3 Å². The lowest BCUT2D eigenvalue weighted by Crippen LogP contribution is -2.21. The van der Waals surface area contributed by atoms with E-state index in [1.165, 1.54) is 0 Å². The number of fused-ring (bicyclic) bond motifs is 3. The van der Waals surface area contributed by atoms with Crippen LogP contribution in [0.25, 0.3) is 11.3 Å². The maximum Gasteiger partial charge on any atom is 0.490 e. The van der Waals surface area contributed by atoms with E-state index in [0.29, 0.717) is 43.2 Å². The second-order valence-electron chi connectivity index (χ2n) is 5.78. The maximum absolute atomic E-state index is 11.6. The minimum atomic E-state index is -5.08. The topological polar surface area (TPSA) is 131 Å². The minimum Gasteiger partial charge on any atom is -0.477 e. The highest BCUT2D eigenvalue weighted by molar-refractivity contribution is 6.30. The molecule has 0 saturated carbocycles. The molecule has 3 rings (SSSR count). The second-order valence-corrected chi connectivity index (χ2v) is 6.14. The molecule has 152 valence electrons. The molecule has 0 aromatic carbocycles. The monoisotopic (exact) mass is 420 g/mol. The Bertz CT molecular complexity index is 899. The molecular formula is C16H16ClF3N4O4. The average Bonchev–Trinajstić information content (AvgIpc) is 2.99. The van der Waals surface area contributed by atoms with E-state index >= 15 is 0 Å². The van der Waals surface area contributed by atoms with Gasteiger partial charge >= 0.3 is 18.1 Å². The quantitative estimate of drug-likeness (QED) is 0.647. The number of nitrogens with zero attached hydrogens (tertiary/aromatic N) is 3. The third-order valence-electron chi connectivity index (χ3n) is 3.95. The van der Waals surface area contributed by atoms with Crippen molar-refractivity contribution in [2.75, 3.05) is 6.54 Å². The number of carboxylic acid groups (broad SMARTS) is 2. The first-order valence-corrected chi connectivity index (χ1v) is 8.42. The molecule has 2 aromatic rings. The predicted octanol–water partition coefficient (Wildman–Crippen LogP) is 2.38. The smallest absolute Gasteiger partial charge is 0.477 e. The van der Waals surface area contributed by atoms with E-state index in [2.05, 4.69) is 10.1 Å². The third kappa shape index (κ3) is 4.60. The van der Waals surface area contributed by atoms with Gasteiger partial charge in [0.2, 0.25) is 0 Å². The fourth-order valence-corrected chi connectivity index (χ4v) is 3.02. The van der Waals surface area contributed by atoms with Crippen molar-refractivity contribution in [2.45, 2.75) is 32.0 Å². The van der Waals surface area contributed by atoms with Gasteiger partial charge < -0.3 is 15.9 Å². The number of hydrogen-bond donors (Lipinski definition) is 3. The van der Waals surface area contributed by atoms with Gasteiger partial charge in [0.15, 0.2) is 0 Å². The number of halogens is 4. The van der Waals surface area contributed by atoms with E-state index in [1.807, 2.05) is 6.07 Å². The zero-order valence-corrected chi connectivity index (χ0v) is 15.1. The average molecular weight is 421 g/mol. The van der Waals surface area contributed by atoms with E-state index in [4.69, 9.17) is 27.2 Å². The van der Waals surface area contributed by atoms with Crippen LogP contribution in [0.1, 0.15) is 28.0 Å². The standard InChI is InChI=1S/C14H15ClN4O2.C2HF3O2/c15-13-9-2-3-10-11(8(9)4-6-17-13)18-19(7-1-5-16)12(10)14(20)21;3-2(4,5)1(6)7/h4,6H,1-3,5,7,16H2,(H,20,21);(H,6,7). The highest BCUT2D eigenvalue weighted by Crippen LogP contribution is 2.36. The Morgan fingerprint density at radius 3 is 2.39 bits per heavy atom. The molecule has 0 unspecified atom stereocenters. The van der Waals surface area contributed by atoms with Gasteiger partial charge in [0.05, 0.1) is 5.69 Å². The van der Waals surface area contributed by atoms with Crippen molar-refractivity contribution in [1.82, 2.24) is 14.8 Å². The molecule has 0 atom stereocenters. The molecular weight excluding hydrogens is 405 g/mol. The Hall–Kier alpha value is -2.66. The van der Waals surface area contributed by atoms with Gasteiger partial charge in [-0.3, -0.25) is 4.68 Å². The summed E-state index contributed by atoms with van der Waals surface area (Å²) in [7, 11) is 0. The molecule has 2 heterocycles. The van der Waals surface area contributed by atoms with Gasteiger partial charge in [-0.05, 0) is 37.4 Å². The summed E-state index contributed by atoms with van der Waals surface area (Å²) in [4.78, 5) is 24.5. The fourth-order valence-electron chi connectivity index (χ4n) is 2.77. The van der Waals surface area contributed by atoms with Crippen LogP contribution in [-0.4, -0.2) is 49.6 Å². The lowest BCUT2D eigenvalue weighted by atomic mass is 9.90. The Labute approximate surface area is 161 Å². The Morgan fingerprint density at radius 1 is 1.25 bits per heavy atom. The number of carbonyl (C=O) groups is 2. The third-order valence-corrected chi connectivity index (χ3v) is 4.28. The molecule has 12 heteroatoms. The summed E-state index contributed by atoms with van der Waals surface area (Å²) in [5.41, 5.74) is 9.06. The Morgan fingerprint density at radius 2 is 1.86 bits per heavy atom. The van der Waals surface area contributed by atoms with Crippen molar-refractivity contribution in [2.24, 2.45) is 5.73 Å². The van der Waals surface area contributed by atoms with E-state index < -0.39 is 18.1 Å². The van der Waals surface area contributed by atoms with Gasteiger partial charge in [0.1, 0.15) is 10.8 Å². The summed E-state index contributed by atoms with van der Waals surface area (Å²) in [6.45, 7) is 0.995. The van der Waals surface area contributed by atoms with Crippen LogP contribution in [0.2, 0.25) is 5.15 Å². The van der Waals surface area contributed by atoms with Crippen molar-refractivity contribution in [3.05, 3.63) is 34.2 Å². The van der Waals surface area contributed by atoms with Crippen LogP contribution in [0.5, 0.6) is 0 Å². The predicted molar refractivity (Wildman–Crippen MR) is 92.2 cm³/mol. The molecule has 0 aliphatic heterocycles. The van der Waals surface area contributed by atoms with E-state index in [1.54, 1.807) is 10.9 Å². The Kier molecular flexibility index (Phi) is 6.62. The SMILES string of the molecule is NCCCn1nc2c(c1C(=O)O)CCc1c-2ccnc1Cl.O=C(O)C(F)(F)F. The summed E-state index contributed by atoms with van der Waals surface area (Å²) >= 11 is 6.12. The highest BCUT2D eigenvalue weighted by Gasteiger charge is 2.38. The first-order chi connectivity index (χ1) is 13.1.